The largest absolute Gasteiger partial charge is 0.466 e. The molecule has 3 heteroatoms. The number of carbonyl (C=O) groups is 1. The van der Waals surface area contributed by atoms with E-state index in [0.29, 0.717) is 25.2 Å². The van der Waals surface area contributed by atoms with Crippen LogP contribution in [-0.2, 0) is 14.3 Å². The van der Waals surface area contributed by atoms with Crippen LogP contribution >= 0.6 is 0 Å². The van der Waals surface area contributed by atoms with Crippen LogP contribution in [-0.4, -0.2) is 24.8 Å². The molecule has 1 heterocycles. The second-order valence-corrected chi connectivity index (χ2v) is 7.65. The first-order chi connectivity index (χ1) is 12.3. The van der Waals surface area contributed by atoms with E-state index in [0.717, 1.165) is 25.7 Å². The summed E-state index contributed by atoms with van der Waals surface area (Å²) in [6, 6.07) is 0. The Morgan fingerprint density at radius 1 is 0.720 bits per heavy atom. The highest BCUT2D eigenvalue weighted by Gasteiger charge is 2.36. The standard InChI is InChI=1S/C22H42O3/c1-3-5-7-8-10-13-16-20-21(25-20)17-14-11-9-12-15-18-22(23)24-19-6-4-2/h20-21H,3-19H2,1-2H3/t20-,21+/m1/s1. The highest BCUT2D eigenvalue weighted by atomic mass is 16.6. The van der Waals surface area contributed by atoms with E-state index in [1.807, 2.05) is 0 Å². The van der Waals surface area contributed by atoms with Crippen LogP contribution in [0.4, 0.5) is 0 Å². The van der Waals surface area contributed by atoms with Gasteiger partial charge in [-0.3, -0.25) is 4.79 Å². The van der Waals surface area contributed by atoms with Gasteiger partial charge in [-0.15, -0.1) is 0 Å². The molecule has 1 fully saturated rings. The molecule has 1 rings (SSSR count). The molecule has 148 valence electrons. The lowest BCUT2D eigenvalue weighted by Gasteiger charge is -2.04. The average molecular weight is 355 g/mol. The van der Waals surface area contributed by atoms with Gasteiger partial charge in [-0.1, -0.05) is 84.5 Å². The highest BCUT2D eigenvalue weighted by Crippen LogP contribution is 2.31. The van der Waals surface area contributed by atoms with Crippen LogP contribution in [0.2, 0.25) is 0 Å². The van der Waals surface area contributed by atoms with Crippen LogP contribution in [0, 0.1) is 0 Å². The minimum atomic E-state index is -0.0163. The van der Waals surface area contributed by atoms with Gasteiger partial charge in [-0.05, 0) is 25.7 Å². The molecule has 1 aliphatic rings. The van der Waals surface area contributed by atoms with Crippen LogP contribution in [0.1, 0.15) is 117 Å². The van der Waals surface area contributed by atoms with Gasteiger partial charge in [0.1, 0.15) is 0 Å². The Balaban J connectivity index is 1.77. The predicted octanol–water partition coefficient (Wildman–Crippen LogP) is 6.58. The van der Waals surface area contributed by atoms with Crippen molar-refractivity contribution >= 4 is 5.97 Å². The van der Waals surface area contributed by atoms with E-state index in [1.165, 1.54) is 70.6 Å². The molecule has 0 amide bonds. The molecule has 1 saturated heterocycles. The maximum absolute atomic E-state index is 11.5. The quantitative estimate of drug-likeness (QED) is 0.158. The van der Waals surface area contributed by atoms with Crippen molar-refractivity contribution in [3.8, 4) is 0 Å². The molecule has 0 bridgehead atoms. The smallest absolute Gasteiger partial charge is 0.305 e. The molecule has 0 radical (unpaired) electrons. The molecular weight excluding hydrogens is 312 g/mol. The molecule has 0 spiro atoms. The van der Waals surface area contributed by atoms with Gasteiger partial charge in [-0.2, -0.15) is 0 Å². The number of ether oxygens (including phenoxy) is 2. The Morgan fingerprint density at radius 2 is 1.24 bits per heavy atom. The van der Waals surface area contributed by atoms with Gasteiger partial charge in [0, 0.05) is 6.42 Å². The number of esters is 1. The molecule has 0 aliphatic carbocycles. The Hall–Kier alpha value is -0.570. The van der Waals surface area contributed by atoms with Crippen molar-refractivity contribution in [3.63, 3.8) is 0 Å². The first kappa shape index (κ1) is 22.5. The molecule has 0 unspecified atom stereocenters. The summed E-state index contributed by atoms with van der Waals surface area (Å²) >= 11 is 0. The monoisotopic (exact) mass is 354 g/mol. The van der Waals surface area contributed by atoms with Gasteiger partial charge >= 0.3 is 5.97 Å². The predicted molar refractivity (Wildman–Crippen MR) is 105 cm³/mol. The van der Waals surface area contributed by atoms with E-state index in [2.05, 4.69) is 13.8 Å². The molecule has 3 nitrogen and oxygen atoms in total. The van der Waals surface area contributed by atoms with Crippen molar-refractivity contribution in [2.45, 2.75) is 129 Å². The van der Waals surface area contributed by atoms with Crippen molar-refractivity contribution in [2.75, 3.05) is 6.61 Å². The molecule has 0 N–H and O–H groups in total. The topological polar surface area (TPSA) is 38.8 Å². The lowest BCUT2D eigenvalue weighted by Crippen LogP contribution is -2.05. The molecule has 1 aliphatic heterocycles. The Bertz CT molecular complexity index is 316. The first-order valence-corrected chi connectivity index (χ1v) is 11.1. The maximum atomic E-state index is 11.5. The summed E-state index contributed by atoms with van der Waals surface area (Å²) in [5, 5.41) is 0. The normalized spacial score (nSPS) is 19.1. The van der Waals surface area contributed by atoms with Crippen LogP contribution < -0.4 is 0 Å². The van der Waals surface area contributed by atoms with Crippen molar-refractivity contribution < 1.29 is 14.3 Å². The zero-order valence-corrected chi connectivity index (χ0v) is 16.9. The summed E-state index contributed by atoms with van der Waals surface area (Å²) < 4.78 is 11.0. The number of hydrogen-bond acceptors (Lipinski definition) is 3. The summed E-state index contributed by atoms with van der Waals surface area (Å²) in [6.45, 7) is 4.97. The fourth-order valence-electron chi connectivity index (χ4n) is 3.36. The zero-order chi connectivity index (χ0) is 18.2. The lowest BCUT2D eigenvalue weighted by atomic mass is 10.0. The molecule has 0 aromatic carbocycles. The minimum absolute atomic E-state index is 0.0163. The van der Waals surface area contributed by atoms with E-state index < -0.39 is 0 Å². The summed E-state index contributed by atoms with van der Waals surface area (Å²) in [4.78, 5) is 11.5. The van der Waals surface area contributed by atoms with Crippen molar-refractivity contribution in [3.05, 3.63) is 0 Å². The van der Waals surface area contributed by atoms with Gasteiger partial charge in [0.05, 0.1) is 18.8 Å². The van der Waals surface area contributed by atoms with E-state index >= 15 is 0 Å². The van der Waals surface area contributed by atoms with Crippen molar-refractivity contribution in [1.82, 2.24) is 0 Å². The fourth-order valence-corrected chi connectivity index (χ4v) is 3.36. The van der Waals surface area contributed by atoms with Gasteiger partial charge in [-0.25, -0.2) is 0 Å². The number of hydrogen-bond donors (Lipinski definition) is 0. The molecule has 0 saturated carbocycles. The Morgan fingerprint density at radius 3 is 1.84 bits per heavy atom. The van der Waals surface area contributed by atoms with Crippen LogP contribution in [0.3, 0.4) is 0 Å². The second kappa shape index (κ2) is 15.7. The summed E-state index contributed by atoms with van der Waals surface area (Å²) in [5.41, 5.74) is 0. The van der Waals surface area contributed by atoms with Crippen molar-refractivity contribution in [1.29, 1.82) is 0 Å². The average Bonchev–Trinajstić information content (AvgIpc) is 3.35. The summed E-state index contributed by atoms with van der Waals surface area (Å²) in [7, 11) is 0. The Kier molecular flexibility index (Phi) is 14.1. The lowest BCUT2D eigenvalue weighted by molar-refractivity contribution is -0.143. The first-order valence-electron chi connectivity index (χ1n) is 11.1. The minimum Gasteiger partial charge on any atom is -0.466 e. The van der Waals surface area contributed by atoms with E-state index in [9.17, 15) is 4.79 Å². The number of rotatable bonds is 18. The molecule has 0 aromatic heterocycles. The summed E-state index contributed by atoms with van der Waals surface area (Å²) in [5.74, 6) is -0.0163. The van der Waals surface area contributed by atoms with Crippen LogP contribution in [0.15, 0.2) is 0 Å². The van der Waals surface area contributed by atoms with Crippen LogP contribution in [0.25, 0.3) is 0 Å². The van der Waals surface area contributed by atoms with E-state index in [1.54, 1.807) is 0 Å². The van der Waals surface area contributed by atoms with Crippen molar-refractivity contribution in [2.24, 2.45) is 0 Å². The zero-order valence-electron chi connectivity index (χ0n) is 16.9. The third-order valence-electron chi connectivity index (χ3n) is 5.16. The number of carbonyl (C=O) groups excluding carboxylic acids is 1. The number of epoxide rings is 1. The van der Waals surface area contributed by atoms with Gasteiger partial charge in [0.25, 0.3) is 0 Å². The number of unbranched alkanes of at least 4 members (excludes halogenated alkanes) is 10. The Labute approximate surface area is 156 Å². The van der Waals surface area contributed by atoms with Crippen LogP contribution in [0.5, 0.6) is 0 Å². The van der Waals surface area contributed by atoms with E-state index in [-0.39, 0.29) is 5.97 Å². The SMILES string of the molecule is CCCCCCCC[C@H]1O[C@H]1CCCCCCCC(=O)OCCCC. The van der Waals surface area contributed by atoms with Gasteiger partial charge in [0.2, 0.25) is 0 Å². The molecule has 0 aromatic rings. The van der Waals surface area contributed by atoms with Gasteiger partial charge in [0.15, 0.2) is 0 Å². The van der Waals surface area contributed by atoms with E-state index in [4.69, 9.17) is 9.47 Å². The highest BCUT2D eigenvalue weighted by molar-refractivity contribution is 5.69. The molecule has 25 heavy (non-hydrogen) atoms. The second-order valence-electron chi connectivity index (χ2n) is 7.65. The maximum Gasteiger partial charge on any atom is 0.305 e. The van der Waals surface area contributed by atoms with Gasteiger partial charge < -0.3 is 9.47 Å². The third-order valence-corrected chi connectivity index (χ3v) is 5.16. The fraction of sp³-hybridized carbons (Fsp3) is 0.955. The molecule has 2 atom stereocenters. The molecular formula is C22H42O3. The summed E-state index contributed by atoms with van der Waals surface area (Å²) in [6.07, 6.45) is 20.5. The third kappa shape index (κ3) is 13.3.